The minimum absolute atomic E-state index is 0.0150. The van der Waals surface area contributed by atoms with Crippen molar-refractivity contribution < 1.29 is 15.0 Å². The predicted octanol–water partition coefficient (Wildman–Crippen LogP) is 2.27. The molecular weight excluding hydrogens is 444 g/mol. The summed E-state index contributed by atoms with van der Waals surface area (Å²) in [5, 5.41) is 23.2. The Balaban J connectivity index is 1.51. The SMILES string of the molecule is CC(=O)NC1CCN(c2nc(-c3cccc(O)c3)nc(N3Cc4ccccc4C[C@@H]3CO)n2)CC1. The molecule has 0 saturated carbocycles. The molecule has 1 fully saturated rings. The molecule has 0 bridgehead atoms. The van der Waals surface area contributed by atoms with Gasteiger partial charge in [-0.3, -0.25) is 4.79 Å². The van der Waals surface area contributed by atoms with Gasteiger partial charge in [-0.05, 0) is 42.5 Å². The molecule has 0 unspecified atom stereocenters. The lowest BCUT2D eigenvalue weighted by Crippen LogP contribution is -2.45. The lowest BCUT2D eigenvalue weighted by atomic mass is 9.94. The third-order valence-electron chi connectivity index (χ3n) is 6.72. The summed E-state index contributed by atoms with van der Waals surface area (Å²) in [6, 6.07) is 15.1. The van der Waals surface area contributed by atoms with Gasteiger partial charge in [0.25, 0.3) is 0 Å². The van der Waals surface area contributed by atoms with Crippen molar-refractivity contribution >= 4 is 17.8 Å². The molecular formula is C26H30N6O3. The number of aliphatic hydroxyl groups excluding tert-OH is 1. The highest BCUT2D eigenvalue weighted by Gasteiger charge is 2.30. The summed E-state index contributed by atoms with van der Waals surface area (Å²) in [6.45, 7) is 3.54. The number of carbonyl (C=O) groups is 1. The van der Waals surface area contributed by atoms with Gasteiger partial charge in [0.05, 0.1) is 12.6 Å². The fraction of sp³-hybridized carbons (Fsp3) is 0.385. The van der Waals surface area contributed by atoms with Gasteiger partial charge in [0.2, 0.25) is 17.8 Å². The van der Waals surface area contributed by atoms with Gasteiger partial charge in [0, 0.05) is 38.2 Å². The molecule has 1 atom stereocenters. The summed E-state index contributed by atoms with van der Waals surface area (Å²) in [4.78, 5) is 30.0. The number of aromatic hydroxyl groups is 1. The first-order valence-corrected chi connectivity index (χ1v) is 12.0. The van der Waals surface area contributed by atoms with Gasteiger partial charge in [0.15, 0.2) is 5.82 Å². The molecule has 35 heavy (non-hydrogen) atoms. The van der Waals surface area contributed by atoms with Crippen molar-refractivity contribution in [3.63, 3.8) is 0 Å². The number of phenolic OH excluding ortho intramolecular Hbond substituents is 1. The van der Waals surface area contributed by atoms with Gasteiger partial charge >= 0.3 is 0 Å². The Morgan fingerprint density at radius 2 is 1.77 bits per heavy atom. The van der Waals surface area contributed by atoms with Crippen LogP contribution in [0.1, 0.15) is 30.9 Å². The summed E-state index contributed by atoms with van der Waals surface area (Å²) in [5.74, 6) is 1.66. The molecule has 3 aromatic rings. The molecule has 5 rings (SSSR count). The average molecular weight is 475 g/mol. The van der Waals surface area contributed by atoms with Gasteiger partial charge in [-0.2, -0.15) is 15.0 Å². The number of amides is 1. The number of carbonyl (C=O) groups excluding carboxylic acids is 1. The van der Waals surface area contributed by atoms with Crippen molar-refractivity contribution in [2.24, 2.45) is 0 Å². The van der Waals surface area contributed by atoms with E-state index in [0.717, 1.165) is 12.8 Å². The maximum atomic E-state index is 11.5. The van der Waals surface area contributed by atoms with E-state index in [2.05, 4.69) is 22.3 Å². The topological polar surface area (TPSA) is 115 Å². The highest BCUT2D eigenvalue weighted by molar-refractivity contribution is 5.73. The number of fused-ring (bicyclic) bond motifs is 1. The maximum Gasteiger partial charge on any atom is 0.231 e. The number of nitrogens with one attached hydrogen (secondary N) is 1. The fourth-order valence-corrected chi connectivity index (χ4v) is 4.89. The molecule has 2 aliphatic heterocycles. The van der Waals surface area contributed by atoms with Crippen LogP contribution in [-0.2, 0) is 17.8 Å². The predicted molar refractivity (Wildman–Crippen MR) is 133 cm³/mol. The van der Waals surface area contributed by atoms with Crippen LogP contribution in [0.2, 0.25) is 0 Å². The highest BCUT2D eigenvalue weighted by Crippen LogP contribution is 2.30. The van der Waals surface area contributed by atoms with Crippen LogP contribution < -0.4 is 15.1 Å². The molecule has 9 heteroatoms. The van der Waals surface area contributed by atoms with Crippen LogP contribution in [0.5, 0.6) is 5.75 Å². The van der Waals surface area contributed by atoms with E-state index in [0.29, 0.717) is 49.3 Å². The van der Waals surface area contributed by atoms with E-state index >= 15 is 0 Å². The van der Waals surface area contributed by atoms with Gasteiger partial charge in [-0.25, -0.2) is 0 Å². The van der Waals surface area contributed by atoms with E-state index < -0.39 is 0 Å². The van der Waals surface area contributed by atoms with Crippen LogP contribution in [0, 0.1) is 0 Å². The second-order valence-electron chi connectivity index (χ2n) is 9.21. The van der Waals surface area contributed by atoms with Crippen molar-refractivity contribution in [1.82, 2.24) is 20.3 Å². The van der Waals surface area contributed by atoms with Gasteiger partial charge in [-0.1, -0.05) is 36.4 Å². The molecule has 3 N–H and O–H groups in total. The molecule has 3 heterocycles. The monoisotopic (exact) mass is 474 g/mol. The summed E-state index contributed by atoms with van der Waals surface area (Å²) in [5.41, 5.74) is 3.11. The average Bonchev–Trinajstić information content (AvgIpc) is 2.87. The zero-order valence-corrected chi connectivity index (χ0v) is 19.8. The zero-order chi connectivity index (χ0) is 24.4. The number of hydrogen-bond acceptors (Lipinski definition) is 8. The summed E-state index contributed by atoms with van der Waals surface area (Å²) in [6.07, 6.45) is 2.31. The molecule has 9 nitrogen and oxygen atoms in total. The molecule has 0 aliphatic carbocycles. The van der Waals surface area contributed by atoms with Crippen LogP contribution >= 0.6 is 0 Å². The Morgan fingerprint density at radius 3 is 2.49 bits per heavy atom. The maximum absolute atomic E-state index is 11.5. The number of phenols is 1. The number of aliphatic hydroxyl groups is 1. The van der Waals surface area contributed by atoms with E-state index in [1.54, 1.807) is 25.1 Å². The van der Waals surface area contributed by atoms with Crippen molar-refractivity contribution in [3.8, 4) is 17.1 Å². The third-order valence-corrected chi connectivity index (χ3v) is 6.72. The van der Waals surface area contributed by atoms with Crippen molar-refractivity contribution in [3.05, 3.63) is 59.7 Å². The summed E-state index contributed by atoms with van der Waals surface area (Å²) in [7, 11) is 0. The van der Waals surface area contributed by atoms with E-state index in [1.165, 1.54) is 11.1 Å². The number of hydrogen-bond donors (Lipinski definition) is 3. The van der Waals surface area contributed by atoms with Crippen molar-refractivity contribution in [2.45, 2.75) is 44.8 Å². The normalized spacial score (nSPS) is 18.3. The van der Waals surface area contributed by atoms with Crippen LogP contribution in [0.25, 0.3) is 11.4 Å². The second kappa shape index (κ2) is 9.87. The van der Waals surface area contributed by atoms with Crippen molar-refractivity contribution in [1.29, 1.82) is 0 Å². The minimum Gasteiger partial charge on any atom is -0.508 e. The minimum atomic E-state index is -0.150. The number of aromatic nitrogens is 3. The fourth-order valence-electron chi connectivity index (χ4n) is 4.89. The number of rotatable bonds is 5. The standard InChI is InChI=1S/C26H30N6O3/c1-17(34)27-21-9-11-31(12-10-21)25-28-24(19-7-4-8-23(35)14-19)29-26(30-25)32-15-20-6-3-2-5-18(20)13-22(32)16-33/h2-8,14,21-22,33,35H,9-13,15-16H2,1H3,(H,27,34)/t22-/m1/s1. The smallest absolute Gasteiger partial charge is 0.231 e. The lowest BCUT2D eigenvalue weighted by Gasteiger charge is -2.37. The Bertz CT molecular complexity index is 1210. The molecule has 2 aliphatic rings. The van der Waals surface area contributed by atoms with E-state index in [9.17, 15) is 15.0 Å². The molecule has 0 radical (unpaired) electrons. The highest BCUT2D eigenvalue weighted by atomic mass is 16.3. The molecule has 0 spiro atoms. The Morgan fingerprint density at radius 1 is 1.03 bits per heavy atom. The van der Waals surface area contributed by atoms with Crippen LogP contribution in [0.4, 0.5) is 11.9 Å². The Kier molecular flexibility index (Phi) is 6.50. The Labute approximate surface area is 204 Å². The van der Waals surface area contributed by atoms with Crippen molar-refractivity contribution in [2.75, 3.05) is 29.5 Å². The number of benzene rings is 2. The zero-order valence-electron chi connectivity index (χ0n) is 19.8. The quantitative estimate of drug-likeness (QED) is 0.516. The lowest BCUT2D eigenvalue weighted by molar-refractivity contribution is -0.119. The van der Waals surface area contributed by atoms with Gasteiger partial charge < -0.3 is 25.3 Å². The van der Waals surface area contributed by atoms with E-state index in [1.807, 2.05) is 23.1 Å². The molecule has 1 amide bonds. The molecule has 2 aromatic carbocycles. The largest absolute Gasteiger partial charge is 0.508 e. The van der Waals surface area contributed by atoms with Crippen LogP contribution in [0.3, 0.4) is 0 Å². The Hall–Kier alpha value is -3.72. The summed E-state index contributed by atoms with van der Waals surface area (Å²) < 4.78 is 0. The number of piperidine rings is 1. The second-order valence-corrected chi connectivity index (χ2v) is 9.21. The van der Waals surface area contributed by atoms with Gasteiger partial charge in [0.1, 0.15) is 5.75 Å². The van der Waals surface area contributed by atoms with Crippen LogP contribution in [0.15, 0.2) is 48.5 Å². The first-order valence-electron chi connectivity index (χ1n) is 12.0. The third kappa shape index (κ3) is 5.05. The molecule has 182 valence electrons. The summed E-state index contributed by atoms with van der Waals surface area (Å²) >= 11 is 0. The molecule has 1 aromatic heterocycles. The first kappa shape index (κ1) is 23.0. The molecule has 1 saturated heterocycles. The van der Waals surface area contributed by atoms with Gasteiger partial charge in [-0.15, -0.1) is 0 Å². The van der Waals surface area contributed by atoms with E-state index in [-0.39, 0.29) is 30.3 Å². The number of anilines is 2. The van der Waals surface area contributed by atoms with E-state index in [4.69, 9.17) is 15.0 Å². The first-order chi connectivity index (χ1) is 17.0. The number of nitrogens with zero attached hydrogens (tertiary/aromatic N) is 5. The van der Waals surface area contributed by atoms with Crippen LogP contribution in [-0.4, -0.2) is 62.9 Å².